The van der Waals surface area contributed by atoms with Gasteiger partial charge in [0.25, 0.3) is 0 Å². The quantitative estimate of drug-likeness (QED) is 0.689. The molecule has 17 heavy (non-hydrogen) atoms. The van der Waals surface area contributed by atoms with Gasteiger partial charge in [0, 0.05) is 11.8 Å². The number of hydrogen-bond acceptors (Lipinski definition) is 1. The van der Waals surface area contributed by atoms with E-state index in [1.165, 1.54) is 18.3 Å². The van der Waals surface area contributed by atoms with Crippen LogP contribution in [0, 0.1) is 0 Å². The summed E-state index contributed by atoms with van der Waals surface area (Å²) in [6.07, 6.45) is -2.80. The Morgan fingerprint density at radius 2 is 1.65 bits per heavy atom. The minimum absolute atomic E-state index is 0.271. The van der Waals surface area contributed by atoms with Gasteiger partial charge in [0.05, 0.1) is 5.56 Å². The summed E-state index contributed by atoms with van der Waals surface area (Å²) in [6, 6.07) is 8.20. The van der Waals surface area contributed by atoms with Crippen molar-refractivity contribution in [2.45, 2.75) is 6.18 Å². The molecule has 1 heterocycles. The van der Waals surface area contributed by atoms with E-state index in [2.05, 4.69) is 4.98 Å². The Morgan fingerprint density at radius 3 is 2.18 bits per heavy atom. The van der Waals surface area contributed by atoms with E-state index in [0.29, 0.717) is 11.1 Å². The average Bonchev–Trinajstić information content (AvgIpc) is 2.29. The lowest BCUT2D eigenvalue weighted by Gasteiger charge is -2.08. The molecule has 0 fully saturated rings. The largest absolute Gasteiger partial charge is 0.416 e. The van der Waals surface area contributed by atoms with Gasteiger partial charge in [-0.25, -0.2) is 4.98 Å². The third kappa shape index (κ3) is 2.58. The molecule has 0 radical (unpaired) electrons. The third-order valence-electron chi connectivity index (χ3n) is 2.28. The second-order valence-electron chi connectivity index (χ2n) is 3.42. The number of nitrogens with zero attached hydrogens (tertiary/aromatic N) is 1. The molecule has 2 rings (SSSR count). The number of alkyl halides is 3. The lowest BCUT2D eigenvalue weighted by Crippen LogP contribution is -2.04. The van der Waals surface area contributed by atoms with E-state index in [1.807, 2.05) is 0 Å². The van der Waals surface area contributed by atoms with E-state index < -0.39 is 11.7 Å². The first-order valence-corrected chi connectivity index (χ1v) is 5.14. The molecule has 0 saturated heterocycles. The first kappa shape index (κ1) is 11.9. The minimum Gasteiger partial charge on any atom is -0.244 e. The van der Waals surface area contributed by atoms with Crippen LogP contribution in [0.15, 0.2) is 42.6 Å². The molecule has 0 aliphatic carbocycles. The molecule has 1 aromatic heterocycles. The smallest absolute Gasteiger partial charge is 0.244 e. The van der Waals surface area contributed by atoms with Crippen LogP contribution in [0.25, 0.3) is 11.1 Å². The van der Waals surface area contributed by atoms with Crippen molar-refractivity contribution in [2.75, 3.05) is 0 Å². The third-order valence-corrected chi connectivity index (χ3v) is 2.58. The van der Waals surface area contributed by atoms with Crippen LogP contribution in [0.4, 0.5) is 13.2 Å². The Morgan fingerprint density at radius 1 is 1.00 bits per heavy atom. The van der Waals surface area contributed by atoms with Gasteiger partial charge in [-0.1, -0.05) is 23.7 Å². The summed E-state index contributed by atoms with van der Waals surface area (Å²) in [5, 5.41) is 0.271. The van der Waals surface area contributed by atoms with E-state index in [-0.39, 0.29) is 5.15 Å². The maximum atomic E-state index is 12.4. The predicted octanol–water partition coefficient (Wildman–Crippen LogP) is 4.42. The Hall–Kier alpha value is -1.55. The van der Waals surface area contributed by atoms with Crippen molar-refractivity contribution in [3.63, 3.8) is 0 Å². The van der Waals surface area contributed by atoms with E-state index >= 15 is 0 Å². The molecule has 0 aliphatic heterocycles. The summed E-state index contributed by atoms with van der Waals surface area (Å²) in [5.74, 6) is 0. The van der Waals surface area contributed by atoms with Crippen LogP contribution in [0.5, 0.6) is 0 Å². The van der Waals surface area contributed by atoms with Gasteiger partial charge in [-0.15, -0.1) is 0 Å². The second kappa shape index (κ2) is 4.37. The Labute approximate surface area is 101 Å². The van der Waals surface area contributed by atoms with Crippen molar-refractivity contribution >= 4 is 11.6 Å². The fourth-order valence-corrected chi connectivity index (χ4v) is 1.67. The summed E-state index contributed by atoms with van der Waals surface area (Å²) in [5.41, 5.74) is 0.542. The number of hydrogen-bond donors (Lipinski definition) is 0. The van der Waals surface area contributed by atoms with Gasteiger partial charge in [-0.3, -0.25) is 0 Å². The van der Waals surface area contributed by atoms with Crippen LogP contribution in [0.2, 0.25) is 5.15 Å². The van der Waals surface area contributed by atoms with Crippen molar-refractivity contribution < 1.29 is 13.2 Å². The van der Waals surface area contributed by atoms with Crippen molar-refractivity contribution in [1.29, 1.82) is 0 Å². The molecule has 0 atom stereocenters. The molecule has 88 valence electrons. The zero-order valence-corrected chi connectivity index (χ0v) is 9.26. The van der Waals surface area contributed by atoms with Crippen LogP contribution < -0.4 is 0 Å². The zero-order chi connectivity index (χ0) is 12.5. The second-order valence-corrected chi connectivity index (χ2v) is 3.77. The normalized spacial score (nSPS) is 11.5. The fourth-order valence-electron chi connectivity index (χ4n) is 1.44. The highest BCUT2D eigenvalue weighted by atomic mass is 35.5. The summed E-state index contributed by atoms with van der Waals surface area (Å²) in [7, 11) is 0. The number of aromatic nitrogens is 1. The van der Waals surface area contributed by atoms with Crippen molar-refractivity contribution in [3.8, 4) is 11.1 Å². The molecule has 0 spiro atoms. The topological polar surface area (TPSA) is 12.9 Å². The summed E-state index contributed by atoms with van der Waals surface area (Å²) < 4.78 is 37.1. The Bertz CT molecular complexity index is 520. The SMILES string of the molecule is FC(F)(F)c1ccc(-c2cccnc2Cl)cc1. The van der Waals surface area contributed by atoms with Crippen molar-refractivity contribution in [3.05, 3.63) is 53.3 Å². The van der Waals surface area contributed by atoms with Crippen LogP contribution in [0.3, 0.4) is 0 Å². The van der Waals surface area contributed by atoms with E-state index in [1.54, 1.807) is 12.1 Å². The van der Waals surface area contributed by atoms with Gasteiger partial charge >= 0.3 is 6.18 Å². The minimum atomic E-state index is -4.32. The highest BCUT2D eigenvalue weighted by molar-refractivity contribution is 6.32. The molecule has 0 bridgehead atoms. The summed E-state index contributed by atoms with van der Waals surface area (Å²) in [4.78, 5) is 3.87. The lowest BCUT2D eigenvalue weighted by atomic mass is 10.1. The van der Waals surface area contributed by atoms with E-state index in [9.17, 15) is 13.2 Å². The van der Waals surface area contributed by atoms with Crippen LogP contribution >= 0.6 is 11.6 Å². The summed E-state index contributed by atoms with van der Waals surface area (Å²) in [6.45, 7) is 0. The molecule has 1 aromatic carbocycles. The number of pyridine rings is 1. The predicted molar refractivity (Wildman–Crippen MR) is 59.7 cm³/mol. The van der Waals surface area contributed by atoms with Crippen molar-refractivity contribution in [1.82, 2.24) is 4.98 Å². The molecule has 0 unspecified atom stereocenters. The van der Waals surface area contributed by atoms with Gasteiger partial charge in [-0.05, 0) is 29.8 Å². The fraction of sp³-hybridized carbons (Fsp3) is 0.0833. The Balaban J connectivity index is 2.40. The standard InChI is InChI=1S/C12H7ClF3N/c13-11-10(2-1-7-17-11)8-3-5-9(6-4-8)12(14,15)16/h1-7H. The first-order valence-electron chi connectivity index (χ1n) is 4.76. The van der Waals surface area contributed by atoms with Crippen molar-refractivity contribution in [2.24, 2.45) is 0 Å². The molecule has 0 saturated carbocycles. The maximum absolute atomic E-state index is 12.4. The Kier molecular flexibility index (Phi) is 3.07. The lowest BCUT2D eigenvalue weighted by molar-refractivity contribution is -0.137. The van der Waals surface area contributed by atoms with Crippen LogP contribution in [0.1, 0.15) is 5.56 Å². The van der Waals surface area contributed by atoms with Crippen LogP contribution in [-0.4, -0.2) is 4.98 Å². The summed E-state index contributed by atoms with van der Waals surface area (Å²) >= 11 is 5.86. The molecular formula is C12H7ClF3N. The maximum Gasteiger partial charge on any atom is 0.416 e. The molecule has 5 heteroatoms. The monoisotopic (exact) mass is 257 g/mol. The highest BCUT2D eigenvalue weighted by Gasteiger charge is 2.29. The molecule has 1 nitrogen and oxygen atoms in total. The van der Waals surface area contributed by atoms with E-state index in [4.69, 9.17) is 11.6 Å². The zero-order valence-electron chi connectivity index (χ0n) is 8.50. The molecule has 0 N–H and O–H groups in total. The molecule has 2 aromatic rings. The van der Waals surface area contributed by atoms with Crippen LogP contribution in [-0.2, 0) is 6.18 Å². The molecular weight excluding hydrogens is 251 g/mol. The van der Waals surface area contributed by atoms with E-state index in [0.717, 1.165) is 12.1 Å². The average molecular weight is 258 g/mol. The van der Waals surface area contributed by atoms with Gasteiger partial charge in [-0.2, -0.15) is 13.2 Å². The van der Waals surface area contributed by atoms with Gasteiger partial charge in [0.2, 0.25) is 0 Å². The van der Waals surface area contributed by atoms with Gasteiger partial charge in [0.15, 0.2) is 0 Å². The number of rotatable bonds is 1. The molecule has 0 aliphatic rings. The molecule has 0 amide bonds. The number of benzene rings is 1. The first-order chi connectivity index (χ1) is 7.98. The highest BCUT2D eigenvalue weighted by Crippen LogP contribution is 2.32. The van der Waals surface area contributed by atoms with Gasteiger partial charge in [0.1, 0.15) is 5.15 Å². The number of halogens is 4. The van der Waals surface area contributed by atoms with Gasteiger partial charge < -0.3 is 0 Å².